The van der Waals surface area contributed by atoms with Gasteiger partial charge >= 0.3 is 0 Å². The lowest BCUT2D eigenvalue weighted by Crippen LogP contribution is -2.12. The van der Waals surface area contributed by atoms with E-state index < -0.39 is 0 Å². The summed E-state index contributed by atoms with van der Waals surface area (Å²) in [7, 11) is 0. The normalized spacial score (nSPS) is 11.5. The molecular formula is C60H39NO. The first-order chi connectivity index (χ1) is 30.8. The van der Waals surface area contributed by atoms with Crippen molar-refractivity contribution in [2.75, 3.05) is 4.90 Å². The van der Waals surface area contributed by atoms with Gasteiger partial charge in [0.2, 0.25) is 0 Å². The van der Waals surface area contributed by atoms with Crippen molar-refractivity contribution in [3.8, 4) is 44.5 Å². The maximum absolute atomic E-state index is 6.98. The van der Waals surface area contributed by atoms with E-state index in [1.807, 2.05) is 0 Å². The minimum Gasteiger partial charge on any atom is -0.455 e. The Morgan fingerprint density at radius 3 is 1.74 bits per heavy atom. The third-order valence-corrected chi connectivity index (χ3v) is 12.5. The van der Waals surface area contributed by atoms with Crippen molar-refractivity contribution >= 4 is 71.3 Å². The molecule has 2 heteroatoms. The van der Waals surface area contributed by atoms with Crippen LogP contribution < -0.4 is 4.90 Å². The lowest BCUT2D eigenvalue weighted by molar-refractivity contribution is 0.670. The Balaban J connectivity index is 1.12. The fourth-order valence-corrected chi connectivity index (χ4v) is 9.57. The van der Waals surface area contributed by atoms with Crippen molar-refractivity contribution in [2.45, 2.75) is 0 Å². The van der Waals surface area contributed by atoms with Gasteiger partial charge in [-0.05, 0) is 108 Å². The van der Waals surface area contributed by atoms with Crippen LogP contribution in [0, 0.1) is 0 Å². The van der Waals surface area contributed by atoms with Crippen molar-refractivity contribution < 1.29 is 4.42 Å². The summed E-state index contributed by atoms with van der Waals surface area (Å²) in [6.45, 7) is 0. The van der Waals surface area contributed by atoms with E-state index in [-0.39, 0.29) is 0 Å². The van der Waals surface area contributed by atoms with Crippen molar-refractivity contribution in [1.29, 1.82) is 0 Å². The first kappa shape index (κ1) is 35.7. The number of nitrogens with zero attached hydrogens (tertiary/aromatic N) is 1. The van der Waals surface area contributed by atoms with Crippen LogP contribution in [0.3, 0.4) is 0 Å². The Morgan fingerprint density at radius 1 is 0.290 bits per heavy atom. The Hall–Kier alpha value is -8.20. The lowest BCUT2D eigenvalue weighted by Gasteiger charge is -2.29. The first-order valence-corrected chi connectivity index (χ1v) is 21.3. The van der Waals surface area contributed by atoms with E-state index in [1.165, 1.54) is 49.0 Å². The van der Waals surface area contributed by atoms with Gasteiger partial charge in [-0.2, -0.15) is 0 Å². The van der Waals surface area contributed by atoms with Crippen molar-refractivity contribution in [2.24, 2.45) is 0 Å². The average molecular weight is 790 g/mol. The number of anilines is 3. The summed E-state index contributed by atoms with van der Waals surface area (Å²) >= 11 is 0. The molecule has 11 aromatic carbocycles. The van der Waals surface area contributed by atoms with Crippen LogP contribution in [0.15, 0.2) is 241 Å². The number of furan rings is 1. The van der Waals surface area contributed by atoms with E-state index in [9.17, 15) is 0 Å². The molecule has 2 nitrogen and oxygen atoms in total. The summed E-state index contributed by atoms with van der Waals surface area (Å²) in [6, 6.07) is 85.4. The molecule has 0 amide bonds. The molecule has 1 aromatic heterocycles. The second-order valence-corrected chi connectivity index (χ2v) is 16.0. The standard InChI is InChI=1S/C60H39NO/c1-2-16-40(17-3-1)41-32-34-43(35-33-41)49-25-10-12-30-56(49)61(46-22-14-21-44(38-46)55-39-45-19-5-7-24-48(45)50-26-8-9-27-52(50)55)57-37-36-53(51-29-15-20-42-18-4-6-23-47(42)51)60-59(57)54-28-11-13-31-58(54)62-60/h1-39H. The number of para-hydroxylation sites is 2. The maximum Gasteiger partial charge on any atom is 0.145 e. The summed E-state index contributed by atoms with van der Waals surface area (Å²) in [5.74, 6) is 0. The Morgan fingerprint density at radius 2 is 0.887 bits per heavy atom. The zero-order valence-electron chi connectivity index (χ0n) is 33.9. The average Bonchev–Trinajstić information content (AvgIpc) is 3.75. The highest BCUT2D eigenvalue weighted by Crippen LogP contribution is 2.49. The predicted molar refractivity (Wildman–Crippen MR) is 263 cm³/mol. The molecule has 0 saturated heterocycles. The number of hydrogen-bond acceptors (Lipinski definition) is 2. The molecule has 0 N–H and O–H groups in total. The van der Waals surface area contributed by atoms with Crippen LogP contribution in [0.4, 0.5) is 17.1 Å². The molecule has 0 aliphatic carbocycles. The van der Waals surface area contributed by atoms with E-state index in [4.69, 9.17) is 4.42 Å². The van der Waals surface area contributed by atoms with E-state index in [0.717, 1.165) is 66.8 Å². The van der Waals surface area contributed by atoms with Gasteiger partial charge in [0.15, 0.2) is 0 Å². The molecule has 12 aromatic rings. The van der Waals surface area contributed by atoms with Gasteiger partial charge in [0.25, 0.3) is 0 Å². The second-order valence-electron chi connectivity index (χ2n) is 16.0. The van der Waals surface area contributed by atoms with Crippen molar-refractivity contribution in [1.82, 2.24) is 0 Å². The molecule has 62 heavy (non-hydrogen) atoms. The first-order valence-electron chi connectivity index (χ1n) is 21.3. The predicted octanol–water partition coefficient (Wildman–Crippen LogP) is 17.2. The molecule has 0 radical (unpaired) electrons. The molecule has 1 heterocycles. The molecule has 0 atom stereocenters. The Kier molecular flexibility index (Phi) is 8.53. The molecule has 12 rings (SSSR count). The minimum atomic E-state index is 0.859. The zero-order valence-corrected chi connectivity index (χ0v) is 33.9. The summed E-state index contributed by atoms with van der Waals surface area (Å²) in [5.41, 5.74) is 14.1. The minimum absolute atomic E-state index is 0.859. The van der Waals surface area contributed by atoms with Crippen LogP contribution in [0.5, 0.6) is 0 Å². The number of benzene rings is 11. The third kappa shape index (κ3) is 5.96. The van der Waals surface area contributed by atoms with Crippen molar-refractivity contribution in [3.05, 3.63) is 237 Å². The van der Waals surface area contributed by atoms with Gasteiger partial charge in [-0.15, -0.1) is 0 Å². The topological polar surface area (TPSA) is 16.4 Å². The highest BCUT2D eigenvalue weighted by Gasteiger charge is 2.25. The van der Waals surface area contributed by atoms with E-state index in [2.05, 4.69) is 241 Å². The van der Waals surface area contributed by atoms with Crippen LogP contribution >= 0.6 is 0 Å². The fourth-order valence-electron chi connectivity index (χ4n) is 9.57. The van der Waals surface area contributed by atoms with Gasteiger partial charge < -0.3 is 9.32 Å². The molecule has 0 aliphatic heterocycles. The van der Waals surface area contributed by atoms with Gasteiger partial charge in [0.05, 0.1) is 16.8 Å². The number of fused-ring (bicyclic) bond motifs is 7. The highest BCUT2D eigenvalue weighted by atomic mass is 16.3. The summed E-state index contributed by atoms with van der Waals surface area (Å²) in [6.07, 6.45) is 0. The van der Waals surface area contributed by atoms with E-state index >= 15 is 0 Å². The van der Waals surface area contributed by atoms with Gasteiger partial charge in [0.1, 0.15) is 11.2 Å². The maximum atomic E-state index is 6.98. The molecule has 0 aliphatic rings. The fraction of sp³-hybridized carbons (Fsp3) is 0. The molecule has 0 spiro atoms. The molecule has 0 fully saturated rings. The lowest BCUT2D eigenvalue weighted by atomic mass is 9.92. The Labute approximate surface area is 360 Å². The van der Waals surface area contributed by atoms with E-state index in [0.29, 0.717) is 0 Å². The van der Waals surface area contributed by atoms with Crippen LogP contribution in [0.25, 0.3) is 98.8 Å². The van der Waals surface area contributed by atoms with Crippen LogP contribution in [-0.4, -0.2) is 0 Å². The molecule has 0 saturated carbocycles. The second kappa shape index (κ2) is 14.8. The monoisotopic (exact) mass is 789 g/mol. The summed E-state index contributed by atoms with van der Waals surface area (Å²) in [4.78, 5) is 2.45. The zero-order chi connectivity index (χ0) is 41.0. The summed E-state index contributed by atoms with van der Waals surface area (Å²) in [5, 5.41) is 9.51. The quantitative estimate of drug-likeness (QED) is 0.150. The molecule has 0 unspecified atom stereocenters. The van der Waals surface area contributed by atoms with Gasteiger partial charge in [0, 0.05) is 22.2 Å². The van der Waals surface area contributed by atoms with E-state index in [1.54, 1.807) is 0 Å². The number of hydrogen-bond donors (Lipinski definition) is 0. The van der Waals surface area contributed by atoms with Crippen molar-refractivity contribution in [3.63, 3.8) is 0 Å². The van der Waals surface area contributed by atoms with Gasteiger partial charge in [-0.25, -0.2) is 0 Å². The van der Waals surface area contributed by atoms with Gasteiger partial charge in [-0.3, -0.25) is 0 Å². The molecule has 290 valence electrons. The molecular weight excluding hydrogens is 751 g/mol. The van der Waals surface area contributed by atoms with Gasteiger partial charge in [-0.1, -0.05) is 194 Å². The highest BCUT2D eigenvalue weighted by molar-refractivity contribution is 6.19. The smallest absolute Gasteiger partial charge is 0.145 e. The number of rotatable bonds is 7. The third-order valence-electron chi connectivity index (χ3n) is 12.5. The Bertz CT molecular complexity index is 3630. The van der Waals surface area contributed by atoms with Crippen LogP contribution in [0.1, 0.15) is 0 Å². The van der Waals surface area contributed by atoms with Crippen LogP contribution in [0.2, 0.25) is 0 Å². The SMILES string of the molecule is c1ccc(-c2ccc(-c3ccccc3N(c3cccc(-c4cc5ccccc5c5ccccc45)c3)c3ccc(-c4cccc5ccccc45)c4oc5ccccc5c34)cc2)cc1. The van der Waals surface area contributed by atoms with Crippen LogP contribution in [-0.2, 0) is 0 Å². The molecule has 0 bridgehead atoms. The largest absolute Gasteiger partial charge is 0.455 e. The summed E-state index contributed by atoms with van der Waals surface area (Å²) < 4.78 is 6.98.